The Morgan fingerprint density at radius 1 is 1.47 bits per heavy atom. The minimum Gasteiger partial charge on any atom is -0.481 e. The highest BCUT2D eigenvalue weighted by atomic mass is 32.2. The van der Waals surface area contributed by atoms with Gasteiger partial charge in [0.05, 0.1) is 6.42 Å². The fourth-order valence-corrected chi connectivity index (χ4v) is 3.58. The number of likely N-dealkylation sites (tertiary alicyclic amines) is 1. The third kappa shape index (κ3) is 2.86. The monoisotopic (exact) mass is 258 g/mol. The fraction of sp³-hybridized carbons (Fsp3) is 0.818. The van der Waals surface area contributed by atoms with Gasteiger partial charge < -0.3 is 14.9 Å². The topological polar surface area (TPSA) is 60.9 Å². The highest BCUT2D eigenvalue weighted by Crippen LogP contribution is 2.25. The smallest absolute Gasteiger partial charge is 0.320 e. The molecule has 2 amide bonds. The highest BCUT2D eigenvalue weighted by molar-refractivity contribution is 7.99. The lowest BCUT2D eigenvalue weighted by Crippen LogP contribution is -2.56. The molecular weight excluding hydrogens is 240 g/mol. The van der Waals surface area contributed by atoms with Crippen molar-refractivity contribution in [2.24, 2.45) is 5.92 Å². The number of thioether (sulfide) groups is 1. The molecular formula is C11H18N2O3S. The van der Waals surface area contributed by atoms with E-state index in [1.807, 2.05) is 23.7 Å². The predicted octanol–water partition coefficient (Wildman–Crippen LogP) is 0.950. The van der Waals surface area contributed by atoms with Gasteiger partial charge in [-0.3, -0.25) is 4.79 Å². The number of carboxylic acid groups (broad SMARTS) is 1. The zero-order valence-electron chi connectivity index (χ0n) is 9.96. The number of carboxylic acids is 1. The first-order valence-electron chi connectivity index (χ1n) is 5.89. The molecule has 0 aromatic carbocycles. The molecule has 0 radical (unpaired) electrons. The van der Waals surface area contributed by atoms with Gasteiger partial charge in [0.15, 0.2) is 0 Å². The molecule has 0 bridgehead atoms. The number of aliphatic carboxylic acids is 1. The summed E-state index contributed by atoms with van der Waals surface area (Å²) in [4.78, 5) is 26.1. The van der Waals surface area contributed by atoms with Crippen molar-refractivity contribution < 1.29 is 14.7 Å². The van der Waals surface area contributed by atoms with Crippen LogP contribution in [0.5, 0.6) is 0 Å². The number of nitrogens with zero attached hydrogens (tertiary/aromatic N) is 2. The van der Waals surface area contributed by atoms with Gasteiger partial charge in [0, 0.05) is 37.8 Å². The first-order chi connectivity index (χ1) is 8.08. The van der Waals surface area contributed by atoms with Crippen LogP contribution in [0.2, 0.25) is 0 Å². The Hall–Kier alpha value is -0.910. The molecule has 2 rings (SSSR count). The fourth-order valence-electron chi connectivity index (χ4n) is 2.31. The third-order valence-corrected chi connectivity index (χ3v) is 4.59. The zero-order chi connectivity index (χ0) is 12.4. The number of carbonyl (C=O) groups is 2. The maximum Gasteiger partial charge on any atom is 0.320 e. The first kappa shape index (κ1) is 12.5. The Balaban J connectivity index is 1.76. The third-order valence-electron chi connectivity index (χ3n) is 3.45. The van der Waals surface area contributed by atoms with E-state index in [1.54, 1.807) is 4.90 Å². The summed E-state index contributed by atoms with van der Waals surface area (Å²) in [5.74, 6) is 1.52. The van der Waals surface area contributed by atoms with E-state index in [1.165, 1.54) is 0 Å². The van der Waals surface area contributed by atoms with Gasteiger partial charge >= 0.3 is 12.0 Å². The van der Waals surface area contributed by atoms with Crippen LogP contribution in [-0.4, -0.2) is 64.6 Å². The predicted molar refractivity (Wildman–Crippen MR) is 66.2 cm³/mol. The van der Waals surface area contributed by atoms with E-state index in [9.17, 15) is 9.59 Å². The molecule has 0 aromatic heterocycles. The summed E-state index contributed by atoms with van der Waals surface area (Å²) in [5.41, 5.74) is 0. The molecule has 1 unspecified atom stereocenters. The number of amides is 2. The number of urea groups is 1. The van der Waals surface area contributed by atoms with E-state index in [0.717, 1.165) is 17.9 Å². The molecule has 96 valence electrons. The van der Waals surface area contributed by atoms with E-state index in [-0.39, 0.29) is 18.4 Å². The number of hydrogen-bond acceptors (Lipinski definition) is 3. The minimum atomic E-state index is -0.775. The van der Waals surface area contributed by atoms with Crippen LogP contribution in [0.1, 0.15) is 12.8 Å². The van der Waals surface area contributed by atoms with E-state index in [2.05, 4.69) is 0 Å². The van der Waals surface area contributed by atoms with Crippen molar-refractivity contribution in [3.63, 3.8) is 0 Å². The summed E-state index contributed by atoms with van der Waals surface area (Å²) in [5, 5.41) is 8.64. The van der Waals surface area contributed by atoms with Gasteiger partial charge in [-0.1, -0.05) is 0 Å². The molecule has 1 N–H and O–H groups in total. The number of hydrogen-bond donors (Lipinski definition) is 1. The molecule has 2 fully saturated rings. The normalized spacial score (nSPS) is 24.5. The molecule has 2 aliphatic rings. The Kier molecular flexibility index (Phi) is 3.81. The van der Waals surface area contributed by atoms with Gasteiger partial charge in [-0.15, -0.1) is 0 Å². The van der Waals surface area contributed by atoms with Crippen LogP contribution in [0, 0.1) is 5.92 Å². The standard InChI is InChI=1S/C11H18N2O3S/c1-12(9-2-3-17-7-9)11(16)13-5-8(6-13)4-10(14)15/h8-9H,2-7H2,1H3,(H,14,15). The van der Waals surface area contributed by atoms with E-state index in [0.29, 0.717) is 19.1 Å². The average molecular weight is 258 g/mol. The van der Waals surface area contributed by atoms with Gasteiger partial charge in [0.25, 0.3) is 0 Å². The van der Waals surface area contributed by atoms with Crippen LogP contribution in [0.4, 0.5) is 4.79 Å². The van der Waals surface area contributed by atoms with Gasteiger partial charge in [-0.2, -0.15) is 11.8 Å². The quantitative estimate of drug-likeness (QED) is 0.819. The van der Waals surface area contributed by atoms with Crippen molar-refractivity contribution in [2.75, 3.05) is 31.6 Å². The van der Waals surface area contributed by atoms with E-state index >= 15 is 0 Å². The molecule has 0 aromatic rings. The lowest BCUT2D eigenvalue weighted by molar-refractivity contribution is -0.139. The van der Waals surface area contributed by atoms with Crippen LogP contribution in [-0.2, 0) is 4.79 Å². The lowest BCUT2D eigenvalue weighted by atomic mass is 9.97. The highest BCUT2D eigenvalue weighted by Gasteiger charge is 2.35. The second kappa shape index (κ2) is 5.16. The van der Waals surface area contributed by atoms with Crippen molar-refractivity contribution in [3.05, 3.63) is 0 Å². The summed E-state index contributed by atoms with van der Waals surface area (Å²) in [6.07, 6.45) is 1.24. The van der Waals surface area contributed by atoms with Crippen LogP contribution >= 0.6 is 11.8 Å². The van der Waals surface area contributed by atoms with Gasteiger partial charge in [0.2, 0.25) is 0 Å². The molecule has 17 heavy (non-hydrogen) atoms. The summed E-state index contributed by atoms with van der Waals surface area (Å²) in [7, 11) is 1.85. The first-order valence-corrected chi connectivity index (χ1v) is 7.04. The Morgan fingerprint density at radius 2 is 2.18 bits per heavy atom. The molecule has 5 nitrogen and oxygen atoms in total. The summed E-state index contributed by atoms with van der Waals surface area (Å²) >= 11 is 1.88. The van der Waals surface area contributed by atoms with E-state index < -0.39 is 5.97 Å². The van der Waals surface area contributed by atoms with Crippen LogP contribution in [0.15, 0.2) is 0 Å². The average Bonchev–Trinajstić information content (AvgIpc) is 2.73. The molecule has 2 heterocycles. The SMILES string of the molecule is CN(C(=O)N1CC(CC(=O)O)C1)C1CCSC1. The summed E-state index contributed by atoms with van der Waals surface area (Å²) in [6.45, 7) is 1.19. The molecule has 0 aliphatic carbocycles. The second-order valence-corrected chi connectivity index (χ2v) is 5.93. The van der Waals surface area contributed by atoms with Gasteiger partial charge in [-0.25, -0.2) is 4.79 Å². The summed E-state index contributed by atoms with van der Waals surface area (Å²) in [6, 6.07) is 0.408. The van der Waals surface area contributed by atoms with Gasteiger partial charge in [0.1, 0.15) is 0 Å². The van der Waals surface area contributed by atoms with Crippen molar-refractivity contribution in [1.82, 2.24) is 9.80 Å². The molecule has 1 atom stereocenters. The maximum atomic E-state index is 12.0. The molecule has 2 aliphatic heterocycles. The Morgan fingerprint density at radius 3 is 2.71 bits per heavy atom. The molecule has 0 spiro atoms. The van der Waals surface area contributed by atoms with Crippen LogP contribution < -0.4 is 0 Å². The maximum absolute atomic E-state index is 12.0. The zero-order valence-corrected chi connectivity index (χ0v) is 10.8. The molecule has 6 heteroatoms. The van der Waals surface area contributed by atoms with E-state index in [4.69, 9.17) is 5.11 Å². The number of rotatable bonds is 3. The largest absolute Gasteiger partial charge is 0.481 e. The van der Waals surface area contributed by atoms with Crippen molar-refractivity contribution in [2.45, 2.75) is 18.9 Å². The Labute approximate surface area is 105 Å². The Bertz CT molecular complexity index is 312. The summed E-state index contributed by atoms with van der Waals surface area (Å²) < 4.78 is 0. The molecule has 2 saturated heterocycles. The van der Waals surface area contributed by atoms with Crippen molar-refractivity contribution in [3.8, 4) is 0 Å². The van der Waals surface area contributed by atoms with Gasteiger partial charge in [-0.05, 0) is 12.2 Å². The van der Waals surface area contributed by atoms with Crippen LogP contribution in [0.3, 0.4) is 0 Å². The number of carbonyl (C=O) groups excluding carboxylic acids is 1. The molecule has 0 saturated carbocycles. The second-order valence-electron chi connectivity index (χ2n) is 4.78. The van der Waals surface area contributed by atoms with Crippen LogP contribution in [0.25, 0.3) is 0 Å². The lowest BCUT2D eigenvalue weighted by Gasteiger charge is -2.41. The minimum absolute atomic E-state index is 0.0548. The van der Waals surface area contributed by atoms with Crippen molar-refractivity contribution >= 4 is 23.8 Å². The van der Waals surface area contributed by atoms with Crippen molar-refractivity contribution in [1.29, 1.82) is 0 Å².